The number of rotatable bonds is 6. The maximum absolute atomic E-state index is 12.9. The van der Waals surface area contributed by atoms with Crippen molar-refractivity contribution in [1.29, 1.82) is 0 Å². The van der Waals surface area contributed by atoms with Crippen LogP contribution in [-0.2, 0) is 0 Å². The highest BCUT2D eigenvalue weighted by molar-refractivity contribution is 5.95. The van der Waals surface area contributed by atoms with Crippen LogP contribution in [0.15, 0.2) is 30.6 Å². The number of benzene rings is 1. The summed E-state index contributed by atoms with van der Waals surface area (Å²) in [5.41, 5.74) is 0.730. The van der Waals surface area contributed by atoms with E-state index in [1.165, 1.54) is 6.20 Å². The number of nitrogens with zero attached hydrogens (tertiary/aromatic N) is 3. The van der Waals surface area contributed by atoms with Crippen LogP contribution in [0.25, 0.3) is 0 Å². The van der Waals surface area contributed by atoms with Gasteiger partial charge in [0.25, 0.3) is 5.91 Å². The van der Waals surface area contributed by atoms with Gasteiger partial charge in [0.1, 0.15) is 0 Å². The minimum atomic E-state index is -0.988. The quantitative estimate of drug-likeness (QED) is 0.819. The number of piperidine rings is 1. The van der Waals surface area contributed by atoms with Crippen LogP contribution in [0.1, 0.15) is 53.4 Å². The van der Waals surface area contributed by atoms with E-state index in [2.05, 4.69) is 5.10 Å². The predicted molar refractivity (Wildman–Crippen MR) is 102 cm³/mol. The molecule has 3 rings (SSSR count). The van der Waals surface area contributed by atoms with Gasteiger partial charge in [-0.25, -0.2) is 4.79 Å². The normalized spacial score (nSPS) is 14.9. The van der Waals surface area contributed by atoms with E-state index in [1.807, 2.05) is 13.8 Å². The van der Waals surface area contributed by atoms with E-state index in [0.717, 1.165) is 12.8 Å². The van der Waals surface area contributed by atoms with Crippen LogP contribution in [0, 0.1) is 0 Å². The molecule has 1 amide bonds. The second-order valence-corrected chi connectivity index (χ2v) is 7.07. The largest absolute Gasteiger partial charge is 0.493 e. The number of carboxylic acids is 1. The zero-order valence-electron chi connectivity index (χ0n) is 16.3. The third kappa shape index (κ3) is 4.27. The topological polar surface area (TPSA) is 93.9 Å². The van der Waals surface area contributed by atoms with E-state index in [9.17, 15) is 9.59 Å². The lowest BCUT2D eigenvalue weighted by atomic mass is 10.0. The summed E-state index contributed by atoms with van der Waals surface area (Å²) >= 11 is 0. The van der Waals surface area contributed by atoms with Crippen molar-refractivity contribution in [3.05, 3.63) is 41.7 Å². The highest BCUT2D eigenvalue weighted by atomic mass is 16.5. The van der Waals surface area contributed by atoms with E-state index in [1.54, 1.807) is 41.1 Å². The molecule has 2 aromatic rings. The lowest BCUT2D eigenvalue weighted by Gasteiger charge is -2.32. The average molecular weight is 387 g/mol. The van der Waals surface area contributed by atoms with Gasteiger partial charge in [0.05, 0.1) is 31.0 Å². The Morgan fingerprint density at radius 3 is 2.46 bits per heavy atom. The Hall–Kier alpha value is -3.03. The molecule has 0 unspecified atom stereocenters. The van der Waals surface area contributed by atoms with Crippen molar-refractivity contribution in [3.8, 4) is 11.5 Å². The molecule has 0 saturated carbocycles. The van der Waals surface area contributed by atoms with Crippen molar-refractivity contribution in [1.82, 2.24) is 14.7 Å². The molecule has 1 N–H and O–H groups in total. The van der Waals surface area contributed by atoms with Crippen LogP contribution >= 0.6 is 0 Å². The highest BCUT2D eigenvalue weighted by Gasteiger charge is 2.26. The minimum Gasteiger partial charge on any atom is -0.493 e. The van der Waals surface area contributed by atoms with E-state index in [-0.39, 0.29) is 23.6 Å². The zero-order chi connectivity index (χ0) is 20.3. The lowest BCUT2D eigenvalue weighted by molar-refractivity contribution is 0.0688. The molecule has 1 fully saturated rings. The molecule has 1 aromatic heterocycles. The summed E-state index contributed by atoms with van der Waals surface area (Å²) < 4.78 is 12.7. The monoisotopic (exact) mass is 387 g/mol. The van der Waals surface area contributed by atoms with E-state index in [4.69, 9.17) is 14.6 Å². The van der Waals surface area contributed by atoms with Crippen molar-refractivity contribution >= 4 is 11.9 Å². The fourth-order valence-corrected chi connectivity index (χ4v) is 3.32. The van der Waals surface area contributed by atoms with Gasteiger partial charge in [-0.1, -0.05) is 0 Å². The second kappa shape index (κ2) is 8.33. The third-order valence-corrected chi connectivity index (χ3v) is 4.75. The van der Waals surface area contributed by atoms with Crippen LogP contribution in [0.2, 0.25) is 0 Å². The molecule has 150 valence electrons. The molecule has 28 heavy (non-hydrogen) atoms. The van der Waals surface area contributed by atoms with Gasteiger partial charge in [0, 0.05) is 24.8 Å². The third-order valence-electron chi connectivity index (χ3n) is 4.75. The maximum atomic E-state index is 12.9. The van der Waals surface area contributed by atoms with E-state index < -0.39 is 5.97 Å². The fraction of sp³-hybridized carbons (Fsp3) is 0.450. The molecule has 1 aliphatic rings. The van der Waals surface area contributed by atoms with E-state index >= 15 is 0 Å². The molecule has 2 heterocycles. The summed E-state index contributed by atoms with van der Waals surface area (Å²) in [5.74, 6) is 0.102. The van der Waals surface area contributed by atoms with Crippen molar-refractivity contribution in [3.63, 3.8) is 0 Å². The molecule has 1 saturated heterocycles. The van der Waals surface area contributed by atoms with Crippen LogP contribution < -0.4 is 9.47 Å². The number of amides is 1. The Balaban J connectivity index is 1.65. The predicted octanol–water partition coefficient (Wildman–Crippen LogP) is 2.85. The lowest BCUT2D eigenvalue weighted by Crippen LogP contribution is -2.39. The molecule has 8 heteroatoms. The molecule has 0 spiro atoms. The smallest absolute Gasteiger partial charge is 0.338 e. The maximum Gasteiger partial charge on any atom is 0.338 e. The summed E-state index contributed by atoms with van der Waals surface area (Å²) in [6, 6.07) is 5.31. The Kier molecular flexibility index (Phi) is 5.87. The summed E-state index contributed by atoms with van der Waals surface area (Å²) in [6.45, 7) is 5.03. The SMILES string of the molecule is COc1cc(C(=O)N2CCC(n3cc(C(=O)O)cn3)CC2)ccc1OC(C)C. The number of hydrogen-bond donors (Lipinski definition) is 1. The van der Waals surface area contributed by atoms with Crippen molar-refractivity contribution in [2.75, 3.05) is 20.2 Å². The molecule has 1 aliphatic heterocycles. The van der Waals surface area contributed by atoms with Crippen LogP contribution in [0.4, 0.5) is 0 Å². The van der Waals surface area contributed by atoms with Crippen LogP contribution in [-0.4, -0.2) is 58.0 Å². The van der Waals surface area contributed by atoms with E-state index in [0.29, 0.717) is 30.2 Å². The number of carbonyl (C=O) groups is 2. The number of ether oxygens (including phenoxy) is 2. The van der Waals surface area contributed by atoms with Crippen LogP contribution in [0.5, 0.6) is 11.5 Å². The van der Waals surface area contributed by atoms with Gasteiger partial charge < -0.3 is 19.5 Å². The summed E-state index contributed by atoms with van der Waals surface area (Å²) in [4.78, 5) is 25.7. The summed E-state index contributed by atoms with van der Waals surface area (Å²) in [7, 11) is 1.55. The Morgan fingerprint density at radius 2 is 1.89 bits per heavy atom. The van der Waals surface area contributed by atoms with Crippen molar-refractivity contribution in [2.24, 2.45) is 0 Å². The minimum absolute atomic E-state index is 0.0124. The number of carbonyl (C=O) groups excluding carboxylic acids is 1. The Bertz CT molecular complexity index is 853. The van der Waals surface area contributed by atoms with Gasteiger partial charge in [0.2, 0.25) is 0 Å². The average Bonchev–Trinajstić information content (AvgIpc) is 3.18. The number of aromatic nitrogens is 2. The van der Waals surface area contributed by atoms with Crippen molar-refractivity contribution < 1.29 is 24.2 Å². The number of carboxylic acid groups (broad SMARTS) is 1. The zero-order valence-corrected chi connectivity index (χ0v) is 16.3. The first kappa shape index (κ1) is 19.7. The molecule has 0 aliphatic carbocycles. The first-order chi connectivity index (χ1) is 13.4. The van der Waals surface area contributed by atoms with Gasteiger partial charge in [-0.05, 0) is 44.9 Å². The van der Waals surface area contributed by atoms with Gasteiger partial charge in [-0.15, -0.1) is 0 Å². The van der Waals surface area contributed by atoms with Gasteiger partial charge in [0.15, 0.2) is 11.5 Å². The number of likely N-dealkylation sites (tertiary alicyclic amines) is 1. The Labute approximate surface area is 163 Å². The first-order valence-electron chi connectivity index (χ1n) is 9.30. The molecule has 1 aromatic carbocycles. The van der Waals surface area contributed by atoms with Crippen molar-refractivity contribution in [2.45, 2.75) is 38.8 Å². The highest BCUT2D eigenvalue weighted by Crippen LogP contribution is 2.30. The Morgan fingerprint density at radius 1 is 1.18 bits per heavy atom. The number of aromatic carboxylic acids is 1. The second-order valence-electron chi connectivity index (χ2n) is 7.07. The standard InChI is InChI=1S/C20H25N3O5/c1-13(2)28-17-5-4-14(10-18(17)27-3)19(24)22-8-6-16(7-9-22)23-12-15(11-21-23)20(25)26/h4-5,10-13,16H,6-9H2,1-3H3,(H,25,26). The molecule has 8 nitrogen and oxygen atoms in total. The van der Waals surface area contributed by atoms with Crippen LogP contribution in [0.3, 0.4) is 0 Å². The number of hydrogen-bond acceptors (Lipinski definition) is 5. The number of methoxy groups -OCH3 is 1. The van der Waals surface area contributed by atoms with Gasteiger partial charge >= 0.3 is 5.97 Å². The first-order valence-corrected chi connectivity index (χ1v) is 9.30. The molecular formula is C20H25N3O5. The van der Waals surface area contributed by atoms with Gasteiger partial charge in [-0.3, -0.25) is 9.48 Å². The molecule has 0 atom stereocenters. The molecule has 0 radical (unpaired) electrons. The van der Waals surface area contributed by atoms with Gasteiger partial charge in [-0.2, -0.15) is 5.10 Å². The molecular weight excluding hydrogens is 362 g/mol. The summed E-state index contributed by atoms with van der Waals surface area (Å²) in [5, 5.41) is 13.2. The summed E-state index contributed by atoms with van der Waals surface area (Å²) in [6.07, 6.45) is 4.35. The fourth-order valence-electron chi connectivity index (χ4n) is 3.32. The molecule has 0 bridgehead atoms.